The second kappa shape index (κ2) is 5.45. The average Bonchev–Trinajstić information content (AvgIpc) is 2.26. The van der Waals surface area contributed by atoms with Crippen molar-refractivity contribution in [2.45, 2.75) is 0 Å². The summed E-state index contributed by atoms with van der Waals surface area (Å²) >= 11 is 5.50. The molecule has 0 aliphatic carbocycles. The highest BCUT2D eigenvalue weighted by Crippen LogP contribution is 2.06. The molecule has 0 aliphatic heterocycles. The number of rotatable bonds is 3. The standard InChI is InChI=1S/C11H12ClNO/c1-13-11(14)10-6-4-9(5-7-10)3-2-8-12/h2-7H,8H2,1H3,(H,13,14). The molecule has 0 radical (unpaired) electrons. The van der Waals surface area contributed by atoms with Crippen LogP contribution >= 0.6 is 11.6 Å². The number of carbonyl (C=O) groups is 1. The minimum atomic E-state index is -0.0714. The molecule has 1 N–H and O–H groups in total. The first-order chi connectivity index (χ1) is 6.77. The predicted octanol–water partition coefficient (Wildman–Crippen LogP) is 2.30. The van der Waals surface area contributed by atoms with Crippen molar-refractivity contribution in [2.75, 3.05) is 12.9 Å². The average molecular weight is 210 g/mol. The highest BCUT2D eigenvalue weighted by molar-refractivity contribution is 6.19. The van der Waals surface area contributed by atoms with E-state index in [9.17, 15) is 4.79 Å². The molecule has 1 aromatic carbocycles. The molecule has 0 saturated heterocycles. The first kappa shape index (κ1) is 10.8. The van der Waals surface area contributed by atoms with Gasteiger partial charge in [0, 0.05) is 18.5 Å². The maximum Gasteiger partial charge on any atom is 0.251 e. The zero-order valence-corrected chi connectivity index (χ0v) is 8.71. The Bertz CT molecular complexity index is 330. The Hall–Kier alpha value is -1.28. The Morgan fingerprint density at radius 1 is 1.43 bits per heavy atom. The van der Waals surface area contributed by atoms with Gasteiger partial charge < -0.3 is 5.32 Å². The molecule has 2 nitrogen and oxygen atoms in total. The molecule has 0 unspecified atom stereocenters. The van der Waals surface area contributed by atoms with E-state index >= 15 is 0 Å². The highest BCUT2D eigenvalue weighted by atomic mass is 35.5. The number of hydrogen-bond donors (Lipinski definition) is 1. The van der Waals surface area contributed by atoms with Crippen molar-refractivity contribution in [3.8, 4) is 0 Å². The number of hydrogen-bond acceptors (Lipinski definition) is 1. The van der Waals surface area contributed by atoms with E-state index in [1.165, 1.54) is 0 Å². The minimum Gasteiger partial charge on any atom is -0.355 e. The normalized spacial score (nSPS) is 10.4. The number of benzene rings is 1. The molecule has 0 saturated carbocycles. The summed E-state index contributed by atoms with van der Waals surface area (Å²) in [4.78, 5) is 11.2. The zero-order chi connectivity index (χ0) is 10.4. The molecule has 3 heteroatoms. The van der Waals surface area contributed by atoms with Crippen molar-refractivity contribution >= 4 is 23.6 Å². The van der Waals surface area contributed by atoms with Gasteiger partial charge in [-0.15, -0.1) is 11.6 Å². The van der Waals surface area contributed by atoms with Crippen molar-refractivity contribution in [2.24, 2.45) is 0 Å². The van der Waals surface area contributed by atoms with E-state index in [0.29, 0.717) is 11.4 Å². The molecule has 1 aromatic rings. The fourth-order valence-electron chi connectivity index (χ4n) is 1.07. The first-order valence-corrected chi connectivity index (χ1v) is 4.86. The molecular formula is C11H12ClNO. The lowest BCUT2D eigenvalue weighted by atomic mass is 10.1. The molecular weight excluding hydrogens is 198 g/mol. The van der Waals surface area contributed by atoms with Crippen LogP contribution in [0.1, 0.15) is 15.9 Å². The van der Waals surface area contributed by atoms with Crippen LogP contribution in [0.25, 0.3) is 6.08 Å². The van der Waals surface area contributed by atoms with Crippen LogP contribution in [-0.2, 0) is 0 Å². The molecule has 1 amide bonds. The summed E-state index contributed by atoms with van der Waals surface area (Å²) in [6, 6.07) is 7.33. The summed E-state index contributed by atoms with van der Waals surface area (Å²) in [7, 11) is 1.61. The number of amides is 1. The van der Waals surface area contributed by atoms with E-state index in [2.05, 4.69) is 5.32 Å². The Morgan fingerprint density at radius 3 is 2.57 bits per heavy atom. The van der Waals surface area contributed by atoms with Gasteiger partial charge in [0.25, 0.3) is 5.91 Å². The molecule has 14 heavy (non-hydrogen) atoms. The van der Waals surface area contributed by atoms with Crippen molar-refractivity contribution in [1.29, 1.82) is 0 Å². The fraction of sp³-hybridized carbons (Fsp3) is 0.182. The summed E-state index contributed by atoms with van der Waals surface area (Å²) in [6.45, 7) is 0. The van der Waals surface area contributed by atoms with Crippen molar-refractivity contribution < 1.29 is 4.79 Å². The Labute approximate surface area is 88.6 Å². The molecule has 0 bridgehead atoms. The van der Waals surface area contributed by atoms with E-state index in [-0.39, 0.29) is 5.91 Å². The van der Waals surface area contributed by atoms with E-state index in [1.807, 2.05) is 24.3 Å². The topological polar surface area (TPSA) is 29.1 Å². The number of allylic oxidation sites excluding steroid dienone is 1. The maximum atomic E-state index is 11.2. The van der Waals surface area contributed by atoms with Gasteiger partial charge in [-0.3, -0.25) is 4.79 Å². The van der Waals surface area contributed by atoms with Gasteiger partial charge in [-0.05, 0) is 17.7 Å². The highest BCUT2D eigenvalue weighted by Gasteiger charge is 2.00. The van der Waals surface area contributed by atoms with Crippen molar-refractivity contribution in [3.05, 3.63) is 41.5 Å². The van der Waals surface area contributed by atoms with E-state index in [0.717, 1.165) is 5.56 Å². The van der Waals surface area contributed by atoms with Crippen molar-refractivity contribution in [3.63, 3.8) is 0 Å². The SMILES string of the molecule is CNC(=O)c1ccc(C=CCCl)cc1. The van der Waals surface area contributed by atoms with Crippen LogP contribution in [0.3, 0.4) is 0 Å². The third kappa shape index (κ3) is 2.89. The van der Waals surface area contributed by atoms with Gasteiger partial charge in [0.2, 0.25) is 0 Å². The van der Waals surface area contributed by atoms with Gasteiger partial charge in [0.05, 0.1) is 0 Å². The lowest BCUT2D eigenvalue weighted by Crippen LogP contribution is -2.17. The van der Waals surface area contributed by atoms with Crippen LogP contribution in [0, 0.1) is 0 Å². The summed E-state index contributed by atoms with van der Waals surface area (Å²) in [5.41, 5.74) is 1.70. The van der Waals surface area contributed by atoms with E-state index in [4.69, 9.17) is 11.6 Å². The molecule has 0 aliphatic rings. The van der Waals surface area contributed by atoms with Crippen LogP contribution in [0.15, 0.2) is 30.3 Å². The summed E-state index contributed by atoms with van der Waals surface area (Å²) in [5.74, 6) is 0.426. The second-order valence-electron chi connectivity index (χ2n) is 2.76. The first-order valence-electron chi connectivity index (χ1n) is 4.32. The van der Waals surface area contributed by atoms with Crippen LogP contribution in [0.5, 0.6) is 0 Å². The zero-order valence-electron chi connectivity index (χ0n) is 7.96. The van der Waals surface area contributed by atoms with Gasteiger partial charge in [-0.25, -0.2) is 0 Å². The molecule has 0 spiro atoms. The van der Waals surface area contributed by atoms with Crippen LogP contribution in [0.2, 0.25) is 0 Å². The molecule has 0 aromatic heterocycles. The van der Waals surface area contributed by atoms with Crippen LogP contribution in [-0.4, -0.2) is 18.8 Å². The lowest BCUT2D eigenvalue weighted by Gasteiger charge is -1.99. The molecule has 0 fully saturated rings. The third-order valence-electron chi connectivity index (χ3n) is 1.80. The Balaban J connectivity index is 2.78. The van der Waals surface area contributed by atoms with E-state index < -0.39 is 0 Å². The monoisotopic (exact) mass is 209 g/mol. The van der Waals surface area contributed by atoms with Crippen LogP contribution < -0.4 is 5.32 Å². The van der Waals surface area contributed by atoms with Gasteiger partial charge in [-0.1, -0.05) is 24.3 Å². The Morgan fingerprint density at radius 2 is 2.07 bits per heavy atom. The lowest BCUT2D eigenvalue weighted by molar-refractivity contribution is 0.0963. The van der Waals surface area contributed by atoms with Crippen molar-refractivity contribution in [1.82, 2.24) is 5.32 Å². The summed E-state index contributed by atoms with van der Waals surface area (Å²) in [6.07, 6.45) is 3.77. The molecule has 74 valence electrons. The fourth-order valence-corrected chi connectivity index (χ4v) is 1.16. The third-order valence-corrected chi connectivity index (χ3v) is 1.98. The maximum absolute atomic E-state index is 11.2. The molecule has 0 atom stereocenters. The smallest absolute Gasteiger partial charge is 0.251 e. The van der Waals surface area contributed by atoms with Gasteiger partial charge in [-0.2, -0.15) is 0 Å². The molecule has 1 rings (SSSR count). The number of carbonyl (C=O) groups excluding carboxylic acids is 1. The van der Waals surface area contributed by atoms with E-state index in [1.54, 1.807) is 19.2 Å². The molecule has 0 heterocycles. The van der Waals surface area contributed by atoms with Gasteiger partial charge in [0.15, 0.2) is 0 Å². The second-order valence-corrected chi connectivity index (χ2v) is 3.07. The van der Waals surface area contributed by atoms with Gasteiger partial charge >= 0.3 is 0 Å². The largest absolute Gasteiger partial charge is 0.355 e. The Kier molecular flexibility index (Phi) is 4.20. The van der Waals surface area contributed by atoms with Crippen LogP contribution in [0.4, 0.5) is 0 Å². The number of alkyl halides is 1. The quantitative estimate of drug-likeness (QED) is 0.761. The predicted molar refractivity (Wildman–Crippen MR) is 59.6 cm³/mol. The van der Waals surface area contributed by atoms with Gasteiger partial charge in [0.1, 0.15) is 0 Å². The minimum absolute atomic E-state index is 0.0714. The summed E-state index contributed by atoms with van der Waals surface area (Å²) < 4.78 is 0. The number of halogens is 1. The summed E-state index contributed by atoms with van der Waals surface area (Å²) in [5, 5.41) is 2.57. The number of nitrogens with one attached hydrogen (secondary N) is 1.